The summed E-state index contributed by atoms with van der Waals surface area (Å²) in [4.78, 5) is 26.8. The van der Waals surface area contributed by atoms with Crippen molar-refractivity contribution in [3.8, 4) is 6.07 Å². The number of piperazine rings is 1. The maximum absolute atomic E-state index is 12.9. The van der Waals surface area contributed by atoms with Crippen LogP contribution in [0, 0.1) is 11.3 Å². The number of carbonyl (C=O) groups is 1. The smallest absolute Gasteiger partial charge is 0.330 e. The lowest BCUT2D eigenvalue weighted by atomic mass is 10.1. The molecule has 0 aliphatic carbocycles. The standard InChI is InChI=1S/C25H27N5O3/c1-18(17-32-2)33-25(31)20(16-26)23-24(28-22-11-7-6-10-21(22)27-23)30-14-12-29(13-15-30)19-8-4-3-5-9-19/h3-11,18,20H,12-15,17H2,1-2H3/t18-,20+/m0/s1. The van der Waals surface area contributed by atoms with E-state index in [1.54, 1.807) is 6.92 Å². The summed E-state index contributed by atoms with van der Waals surface area (Å²) in [5, 5.41) is 9.90. The molecule has 170 valence electrons. The highest BCUT2D eigenvalue weighted by Crippen LogP contribution is 2.29. The van der Waals surface area contributed by atoms with Gasteiger partial charge in [-0.15, -0.1) is 0 Å². The van der Waals surface area contributed by atoms with Crippen LogP contribution in [-0.2, 0) is 14.3 Å². The van der Waals surface area contributed by atoms with Crippen LogP contribution in [0.3, 0.4) is 0 Å². The molecule has 0 spiro atoms. The molecule has 1 aliphatic rings. The quantitative estimate of drug-likeness (QED) is 0.512. The third-order valence-corrected chi connectivity index (χ3v) is 5.64. The first-order valence-electron chi connectivity index (χ1n) is 11.0. The number of ether oxygens (including phenoxy) is 2. The van der Waals surface area contributed by atoms with Crippen molar-refractivity contribution in [3.05, 3.63) is 60.3 Å². The molecule has 1 saturated heterocycles. The van der Waals surface area contributed by atoms with Crippen LogP contribution in [0.15, 0.2) is 54.6 Å². The minimum Gasteiger partial charge on any atom is -0.459 e. The van der Waals surface area contributed by atoms with Crippen LogP contribution in [0.4, 0.5) is 11.5 Å². The minimum atomic E-state index is -1.18. The molecule has 8 heteroatoms. The van der Waals surface area contributed by atoms with Gasteiger partial charge >= 0.3 is 5.97 Å². The first-order valence-corrected chi connectivity index (χ1v) is 11.0. The van der Waals surface area contributed by atoms with E-state index in [1.165, 1.54) is 12.8 Å². The van der Waals surface area contributed by atoms with Crippen LogP contribution in [0.2, 0.25) is 0 Å². The lowest BCUT2D eigenvalue weighted by Crippen LogP contribution is -2.47. The first kappa shape index (κ1) is 22.5. The van der Waals surface area contributed by atoms with Crippen molar-refractivity contribution >= 4 is 28.5 Å². The summed E-state index contributed by atoms with van der Waals surface area (Å²) in [6.45, 7) is 4.96. The third kappa shape index (κ3) is 5.04. The molecule has 8 nitrogen and oxygen atoms in total. The zero-order valence-electron chi connectivity index (χ0n) is 18.8. The molecule has 0 radical (unpaired) electrons. The average molecular weight is 446 g/mol. The van der Waals surface area contributed by atoms with Crippen LogP contribution in [0.25, 0.3) is 11.0 Å². The number of para-hydroxylation sites is 3. The van der Waals surface area contributed by atoms with E-state index in [1.807, 2.05) is 42.5 Å². The molecular weight excluding hydrogens is 418 g/mol. The lowest BCUT2D eigenvalue weighted by molar-refractivity contribution is -0.150. The van der Waals surface area contributed by atoms with E-state index < -0.39 is 18.0 Å². The molecule has 2 atom stereocenters. The van der Waals surface area contributed by atoms with Crippen molar-refractivity contribution < 1.29 is 14.3 Å². The Bertz CT molecular complexity index is 1140. The Morgan fingerprint density at radius 2 is 1.61 bits per heavy atom. The van der Waals surface area contributed by atoms with Gasteiger partial charge in [0.25, 0.3) is 0 Å². The number of benzene rings is 2. The van der Waals surface area contributed by atoms with Crippen molar-refractivity contribution in [1.82, 2.24) is 9.97 Å². The summed E-state index contributed by atoms with van der Waals surface area (Å²) < 4.78 is 10.5. The van der Waals surface area contributed by atoms with Gasteiger partial charge in [-0.25, -0.2) is 9.97 Å². The Balaban J connectivity index is 1.64. The molecule has 33 heavy (non-hydrogen) atoms. The number of esters is 1. The van der Waals surface area contributed by atoms with Gasteiger partial charge in [0.15, 0.2) is 11.7 Å². The normalized spacial score (nSPS) is 15.7. The summed E-state index contributed by atoms with van der Waals surface area (Å²) in [5.41, 5.74) is 2.86. The van der Waals surface area contributed by atoms with E-state index in [-0.39, 0.29) is 6.61 Å². The number of anilines is 2. The van der Waals surface area contributed by atoms with E-state index in [4.69, 9.17) is 19.4 Å². The van der Waals surface area contributed by atoms with Crippen LogP contribution in [0.5, 0.6) is 0 Å². The molecule has 0 saturated carbocycles. The minimum absolute atomic E-state index is 0.252. The van der Waals surface area contributed by atoms with Crippen LogP contribution < -0.4 is 9.80 Å². The molecule has 0 amide bonds. The summed E-state index contributed by atoms with van der Waals surface area (Å²) in [7, 11) is 1.54. The Hall–Kier alpha value is -3.70. The topological polar surface area (TPSA) is 91.6 Å². The second kappa shape index (κ2) is 10.3. The van der Waals surface area contributed by atoms with Gasteiger partial charge in [0, 0.05) is 39.0 Å². The van der Waals surface area contributed by atoms with Gasteiger partial charge in [-0.2, -0.15) is 5.26 Å². The second-order valence-corrected chi connectivity index (χ2v) is 8.00. The SMILES string of the molecule is COC[C@H](C)OC(=O)[C@H](C#N)c1nc2ccccc2nc1N1CCN(c2ccccc2)CC1. The van der Waals surface area contributed by atoms with Crippen molar-refractivity contribution in [1.29, 1.82) is 5.26 Å². The monoisotopic (exact) mass is 445 g/mol. The van der Waals surface area contributed by atoms with E-state index in [0.717, 1.165) is 18.6 Å². The van der Waals surface area contributed by atoms with Crippen LogP contribution in [0.1, 0.15) is 18.5 Å². The zero-order chi connectivity index (χ0) is 23.2. The predicted octanol–water partition coefficient (Wildman–Crippen LogP) is 3.14. The molecule has 0 N–H and O–H groups in total. The van der Waals surface area contributed by atoms with Gasteiger partial charge in [-0.1, -0.05) is 30.3 Å². The van der Waals surface area contributed by atoms with Crippen molar-refractivity contribution in [2.45, 2.75) is 18.9 Å². The molecule has 1 fully saturated rings. The largest absolute Gasteiger partial charge is 0.459 e. The van der Waals surface area contributed by atoms with E-state index in [0.29, 0.717) is 30.1 Å². The molecule has 1 aliphatic heterocycles. The third-order valence-electron chi connectivity index (χ3n) is 5.64. The molecule has 3 aromatic rings. The fourth-order valence-electron chi connectivity index (χ4n) is 4.01. The van der Waals surface area contributed by atoms with Gasteiger partial charge in [0.1, 0.15) is 11.8 Å². The predicted molar refractivity (Wildman–Crippen MR) is 126 cm³/mol. The Morgan fingerprint density at radius 1 is 1.00 bits per heavy atom. The van der Waals surface area contributed by atoms with E-state index >= 15 is 0 Å². The van der Waals surface area contributed by atoms with Gasteiger partial charge in [0.2, 0.25) is 0 Å². The molecule has 4 rings (SSSR count). The van der Waals surface area contributed by atoms with Crippen LogP contribution >= 0.6 is 0 Å². The van der Waals surface area contributed by atoms with Gasteiger partial charge in [-0.05, 0) is 31.2 Å². The lowest BCUT2D eigenvalue weighted by Gasteiger charge is -2.37. The first-order chi connectivity index (χ1) is 16.1. The Morgan fingerprint density at radius 3 is 2.24 bits per heavy atom. The molecule has 1 aromatic heterocycles. The summed E-state index contributed by atoms with van der Waals surface area (Å²) in [6.07, 6.45) is -0.468. The highest BCUT2D eigenvalue weighted by atomic mass is 16.6. The number of nitrogens with zero attached hydrogens (tertiary/aromatic N) is 5. The molecule has 2 aromatic carbocycles. The Kier molecular flexibility index (Phi) is 7.01. The number of hydrogen-bond donors (Lipinski definition) is 0. The molecule has 0 bridgehead atoms. The number of carbonyl (C=O) groups excluding carboxylic acids is 1. The highest BCUT2D eigenvalue weighted by Gasteiger charge is 2.32. The van der Waals surface area contributed by atoms with Crippen molar-refractivity contribution in [2.24, 2.45) is 0 Å². The van der Waals surface area contributed by atoms with Crippen molar-refractivity contribution in [2.75, 3.05) is 49.7 Å². The van der Waals surface area contributed by atoms with E-state index in [9.17, 15) is 10.1 Å². The highest BCUT2D eigenvalue weighted by molar-refractivity contribution is 5.85. The number of aromatic nitrogens is 2. The maximum Gasteiger partial charge on any atom is 0.330 e. The number of fused-ring (bicyclic) bond motifs is 1. The fraction of sp³-hybridized carbons (Fsp3) is 0.360. The molecular formula is C25H27N5O3. The second-order valence-electron chi connectivity index (χ2n) is 8.00. The van der Waals surface area contributed by atoms with Crippen molar-refractivity contribution in [3.63, 3.8) is 0 Å². The zero-order valence-corrected chi connectivity index (χ0v) is 18.8. The maximum atomic E-state index is 12.9. The van der Waals surface area contributed by atoms with Crippen LogP contribution in [-0.4, -0.2) is 61.9 Å². The molecule has 2 heterocycles. The summed E-state index contributed by atoms with van der Waals surface area (Å²) in [6, 6.07) is 19.8. The number of nitriles is 1. The van der Waals surface area contributed by atoms with Gasteiger partial charge in [-0.3, -0.25) is 4.79 Å². The summed E-state index contributed by atoms with van der Waals surface area (Å²) >= 11 is 0. The fourth-order valence-corrected chi connectivity index (χ4v) is 4.01. The number of rotatable bonds is 7. The number of hydrogen-bond acceptors (Lipinski definition) is 8. The van der Waals surface area contributed by atoms with Gasteiger partial charge < -0.3 is 19.3 Å². The van der Waals surface area contributed by atoms with Gasteiger partial charge in [0.05, 0.1) is 23.7 Å². The summed E-state index contributed by atoms with van der Waals surface area (Å²) in [5.74, 6) is -1.26. The molecule has 0 unspecified atom stereocenters. The average Bonchev–Trinajstić information content (AvgIpc) is 2.85. The van der Waals surface area contributed by atoms with E-state index in [2.05, 4.69) is 28.0 Å². The Labute approximate surface area is 193 Å². The number of methoxy groups -OCH3 is 1.